The zero-order valence-electron chi connectivity index (χ0n) is 10.9. The average molecular weight is 288 g/mol. The van der Waals surface area contributed by atoms with Gasteiger partial charge in [-0.3, -0.25) is 0 Å². The topological polar surface area (TPSA) is 61.4 Å². The number of aliphatic hydroxyl groups is 1. The highest BCUT2D eigenvalue weighted by molar-refractivity contribution is 7.98. The molecule has 0 saturated heterocycles. The van der Waals surface area contributed by atoms with Crippen molar-refractivity contribution in [2.24, 2.45) is 0 Å². The third kappa shape index (κ3) is 4.88. The smallest absolute Gasteiger partial charge is 0.315 e. The van der Waals surface area contributed by atoms with Gasteiger partial charge in [-0.2, -0.15) is 11.8 Å². The Balaban J connectivity index is 2.38. The Kier molecular flexibility index (Phi) is 5.98. The number of carbonyl (C=O) groups excluding carboxylic acids is 1. The highest BCUT2D eigenvalue weighted by Gasteiger charge is 2.24. The molecule has 0 radical (unpaired) electrons. The van der Waals surface area contributed by atoms with Gasteiger partial charge in [-0.1, -0.05) is 6.07 Å². The second-order valence-electron chi connectivity index (χ2n) is 4.43. The van der Waals surface area contributed by atoms with E-state index in [2.05, 4.69) is 10.6 Å². The third-order valence-electron chi connectivity index (χ3n) is 2.44. The van der Waals surface area contributed by atoms with Crippen LogP contribution in [0.4, 0.5) is 4.79 Å². The van der Waals surface area contributed by atoms with Crippen LogP contribution in [0.2, 0.25) is 0 Å². The van der Waals surface area contributed by atoms with Crippen LogP contribution in [-0.4, -0.2) is 35.7 Å². The van der Waals surface area contributed by atoms with Crippen molar-refractivity contribution in [3.8, 4) is 0 Å². The van der Waals surface area contributed by atoms with Gasteiger partial charge in [0, 0.05) is 16.7 Å². The maximum absolute atomic E-state index is 11.6. The zero-order valence-corrected chi connectivity index (χ0v) is 12.5. The summed E-state index contributed by atoms with van der Waals surface area (Å²) in [5.41, 5.74) is -1.02. The fraction of sp³-hybridized carbons (Fsp3) is 0.583. The Hall–Kier alpha value is -0.720. The van der Waals surface area contributed by atoms with E-state index in [0.29, 0.717) is 0 Å². The van der Waals surface area contributed by atoms with Gasteiger partial charge in [0.05, 0.1) is 6.54 Å². The molecular weight excluding hydrogens is 268 g/mol. The van der Waals surface area contributed by atoms with Crippen molar-refractivity contribution in [1.82, 2.24) is 10.6 Å². The Morgan fingerprint density at radius 1 is 1.67 bits per heavy atom. The molecule has 4 nitrogen and oxygen atoms in total. The molecule has 0 aliphatic heterocycles. The maximum Gasteiger partial charge on any atom is 0.315 e. The van der Waals surface area contributed by atoms with E-state index in [1.165, 1.54) is 11.3 Å². The second-order valence-corrected chi connectivity index (χ2v) is 6.29. The quantitative estimate of drug-likeness (QED) is 0.750. The number of urea groups is 1. The minimum absolute atomic E-state index is 0.117. The molecule has 0 spiro atoms. The minimum atomic E-state index is -1.02. The Labute approximate surface area is 116 Å². The van der Waals surface area contributed by atoms with Crippen molar-refractivity contribution in [2.45, 2.75) is 25.5 Å². The molecule has 6 heteroatoms. The lowest BCUT2D eigenvalue weighted by molar-refractivity contribution is 0.0630. The Morgan fingerprint density at radius 3 is 2.94 bits per heavy atom. The molecule has 0 fully saturated rings. The van der Waals surface area contributed by atoms with Gasteiger partial charge >= 0.3 is 6.03 Å². The van der Waals surface area contributed by atoms with Crippen molar-refractivity contribution in [3.05, 3.63) is 22.4 Å². The van der Waals surface area contributed by atoms with Gasteiger partial charge in [-0.15, -0.1) is 11.3 Å². The van der Waals surface area contributed by atoms with Gasteiger partial charge < -0.3 is 15.7 Å². The largest absolute Gasteiger partial charge is 0.383 e. The van der Waals surface area contributed by atoms with Gasteiger partial charge in [0.25, 0.3) is 0 Å². The monoisotopic (exact) mass is 288 g/mol. The van der Waals surface area contributed by atoms with E-state index < -0.39 is 5.60 Å². The van der Waals surface area contributed by atoms with Crippen molar-refractivity contribution >= 4 is 29.1 Å². The molecule has 0 bridgehead atoms. The predicted molar refractivity (Wildman–Crippen MR) is 78.3 cm³/mol. The fourth-order valence-corrected chi connectivity index (χ4v) is 2.86. The van der Waals surface area contributed by atoms with Crippen molar-refractivity contribution in [3.63, 3.8) is 0 Å². The summed E-state index contributed by atoms with van der Waals surface area (Å²) in [6.07, 6.45) is 2.00. The van der Waals surface area contributed by atoms with E-state index in [0.717, 1.165) is 10.6 Å². The fourth-order valence-electron chi connectivity index (χ4n) is 1.49. The Morgan fingerprint density at radius 2 is 2.39 bits per heavy atom. The summed E-state index contributed by atoms with van der Waals surface area (Å²) in [7, 11) is 0. The second kappa shape index (κ2) is 7.01. The van der Waals surface area contributed by atoms with Crippen molar-refractivity contribution in [2.75, 3.05) is 18.6 Å². The standard InChI is InChI=1S/C12H20N2O2S2/c1-9(7-17-3)14-11(15)13-8-12(2,16)10-5-4-6-18-10/h4-6,9,16H,7-8H2,1-3H3,(H2,13,14,15)/t9-,12-/m1/s1. The number of hydrogen-bond donors (Lipinski definition) is 3. The summed E-state index contributed by atoms with van der Waals surface area (Å²) in [5.74, 6) is 0.870. The number of thioether (sulfide) groups is 1. The highest BCUT2D eigenvalue weighted by Crippen LogP contribution is 2.24. The molecule has 18 heavy (non-hydrogen) atoms. The number of rotatable bonds is 6. The van der Waals surface area contributed by atoms with E-state index in [4.69, 9.17) is 0 Å². The molecule has 0 aromatic carbocycles. The van der Waals surface area contributed by atoms with Gasteiger partial charge in [-0.05, 0) is 31.5 Å². The molecule has 1 aromatic heterocycles. The molecule has 0 aliphatic carbocycles. The van der Waals surface area contributed by atoms with E-state index in [9.17, 15) is 9.90 Å². The summed E-state index contributed by atoms with van der Waals surface area (Å²) >= 11 is 3.16. The van der Waals surface area contributed by atoms with Crippen LogP contribution in [0.3, 0.4) is 0 Å². The lowest BCUT2D eigenvalue weighted by Gasteiger charge is -2.23. The maximum atomic E-state index is 11.6. The van der Waals surface area contributed by atoms with Crippen LogP contribution in [0, 0.1) is 0 Å². The SMILES string of the molecule is CSC[C@@H](C)NC(=O)NC[C@@](C)(O)c1cccs1. The molecule has 0 unspecified atom stereocenters. The summed E-state index contributed by atoms with van der Waals surface area (Å²) in [6, 6.07) is 3.62. The summed E-state index contributed by atoms with van der Waals surface area (Å²) in [6.45, 7) is 3.85. The molecule has 0 saturated carbocycles. The van der Waals surface area contributed by atoms with Gasteiger partial charge in [0.2, 0.25) is 0 Å². The van der Waals surface area contributed by atoms with Crippen LogP contribution in [0.5, 0.6) is 0 Å². The number of nitrogens with one attached hydrogen (secondary N) is 2. The number of hydrogen-bond acceptors (Lipinski definition) is 4. The molecule has 102 valence electrons. The predicted octanol–water partition coefficient (Wildman–Crippen LogP) is 2.01. The van der Waals surface area contributed by atoms with Crippen LogP contribution in [0.1, 0.15) is 18.7 Å². The summed E-state index contributed by atoms with van der Waals surface area (Å²) in [4.78, 5) is 12.5. The molecule has 2 amide bonds. The first-order chi connectivity index (χ1) is 8.45. The van der Waals surface area contributed by atoms with Crippen LogP contribution in [0.25, 0.3) is 0 Å². The molecule has 1 rings (SSSR count). The third-order valence-corrected chi connectivity index (χ3v) is 4.40. The van der Waals surface area contributed by atoms with Crippen molar-refractivity contribution in [1.29, 1.82) is 0 Å². The molecule has 2 atom stereocenters. The van der Waals surface area contributed by atoms with E-state index in [1.54, 1.807) is 18.7 Å². The summed E-state index contributed by atoms with van der Waals surface area (Å²) < 4.78 is 0. The zero-order chi connectivity index (χ0) is 13.6. The Bertz CT molecular complexity index is 366. The van der Waals surface area contributed by atoms with Gasteiger partial charge in [0.1, 0.15) is 5.60 Å². The summed E-state index contributed by atoms with van der Waals surface area (Å²) in [5, 5.41) is 17.6. The normalized spacial score (nSPS) is 15.8. The molecular formula is C12H20N2O2S2. The highest BCUT2D eigenvalue weighted by atomic mass is 32.2. The van der Waals surface area contributed by atoms with E-state index >= 15 is 0 Å². The van der Waals surface area contributed by atoms with Gasteiger partial charge in [0.15, 0.2) is 0 Å². The lowest BCUT2D eigenvalue weighted by Crippen LogP contribution is -2.46. The van der Waals surface area contributed by atoms with Crippen molar-refractivity contribution < 1.29 is 9.90 Å². The van der Waals surface area contributed by atoms with Crippen LogP contribution < -0.4 is 10.6 Å². The van der Waals surface area contributed by atoms with E-state index in [-0.39, 0.29) is 18.6 Å². The average Bonchev–Trinajstić information content (AvgIpc) is 2.81. The molecule has 1 aromatic rings. The number of thiophene rings is 1. The molecule has 0 aliphatic rings. The number of carbonyl (C=O) groups is 1. The van der Waals surface area contributed by atoms with Crippen LogP contribution in [-0.2, 0) is 5.60 Å². The molecule has 1 heterocycles. The lowest BCUT2D eigenvalue weighted by atomic mass is 10.1. The first-order valence-electron chi connectivity index (χ1n) is 5.75. The van der Waals surface area contributed by atoms with E-state index in [1.807, 2.05) is 30.7 Å². The number of amides is 2. The van der Waals surface area contributed by atoms with Crippen LogP contribution >= 0.6 is 23.1 Å². The first-order valence-corrected chi connectivity index (χ1v) is 8.02. The minimum Gasteiger partial charge on any atom is -0.383 e. The van der Waals surface area contributed by atoms with Crippen LogP contribution in [0.15, 0.2) is 17.5 Å². The first kappa shape index (κ1) is 15.3. The molecule has 3 N–H and O–H groups in total. The van der Waals surface area contributed by atoms with Gasteiger partial charge in [-0.25, -0.2) is 4.79 Å².